The van der Waals surface area contributed by atoms with Gasteiger partial charge in [0, 0.05) is 24.4 Å². The van der Waals surface area contributed by atoms with E-state index in [1.165, 1.54) is 66.3 Å². The molecular formula is C23H32N2. The number of benzene rings is 2. The van der Waals surface area contributed by atoms with Crippen molar-refractivity contribution in [3.63, 3.8) is 0 Å². The Morgan fingerprint density at radius 1 is 0.600 bits per heavy atom. The van der Waals surface area contributed by atoms with Gasteiger partial charge in [0.2, 0.25) is 0 Å². The fourth-order valence-electron chi connectivity index (χ4n) is 4.61. The zero-order valence-electron chi connectivity index (χ0n) is 17.6. The standard InChI is InChI=1S/C23H32N2/c1-12-13(2)16(5)22-20(15(12)4)21-18(7)19(11-24(8)9)14(3)17(6)23(21)25(22)10/h11H2,1-10H3. The van der Waals surface area contributed by atoms with Gasteiger partial charge >= 0.3 is 0 Å². The van der Waals surface area contributed by atoms with Gasteiger partial charge in [0.15, 0.2) is 0 Å². The predicted octanol–water partition coefficient (Wildman–Crippen LogP) is 5.55. The predicted molar refractivity (Wildman–Crippen MR) is 111 cm³/mol. The monoisotopic (exact) mass is 336 g/mol. The van der Waals surface area contributed by atoms with Gasteiger partial charge in [-0.2, -0.15) is 0 Å². The Balaban J connectivity index is 2.66. The normalized spacial score (nSPS) is 12.1. The van der Waals surface area contributed by atoms with Crippen molar-refractivity contribution < 1.29 is 0 Å². The first-order valence-electron chi connectivity index (χ1n) is 9.21. The first-order chi connectivity index (χ1) is 11.6. The number of nitrogens with zero attached hydrogens (tertiary/aromatic N) is 2. The van der Waals surface area contributed by atoms with E-state index < -0.39 is 0 Å². The molecule has 0 unspecified atom stereocenters. The third kappa shape index (κ3) is 2.34. The van der Waals surface area contributed by atoms with Crippen LogP contribution in [0.2, 0.25) is 0 Å². The molecule has 0 aliphatic rings. The molecule has 0 N–H and O–H groups in total. The van der Waals surface area contributed by atoms with Crippen molar-refractivity contribution in [2.24, 2.45) is 7.05 Å². The lowest BCUT2D eigenvalue weighted by atomic mass is 9.89. The second kappa shape index (κ2) is 5.88. The van der Waals surface area contributed by atoms with E-state index in [2.05, 4.69) is 79.1 Å². The molecule has 2 aromatic carbocycles. The van der Waals surface area contributed by atoms with Gasteiger partial charge in [0.1, 0.15) is 0 Å². The minimum atomic E-state index is 0.994. The summed E-state index contributed by atoms with van der Waals surface area (Å²) in [4.78, 5) is 2.28. The van der Waals surface area contributed by atoms with Crippen LogP contribution in [0.4, 0.5) is 0 Å². The Kier molecular flexibility index (Phi) is 4.23. The largest absolute Gasteiger partial charge is 0.343 e. The summed E-state index contributed by atoms with van der Waals surface area (Å²) in [7, 11) is 6.55. The Morgan fingerprint density at radius 2 is 1.04 bits per heavy atom. The number of hydrogen-bond acceptors (Lipinski definition) is 1. The summed E-state index contributed by atoms with van der Waals surface area (Å²) < 4.78 is 2.44. The zero-order chi connectivity index (χ0) is 18.8. The van der Waals surface area contributed by atoms with Crippen LogP contribution in [0, 0.1) is 48.5 Å². The minimum Gasteiger partial charge on any atom is -0.343 e. The summed E-state index contributed by atoms with van der Waals surface area (Å²) in [5, 5.41) is 2.92. The van der Waals surface area contributed by atoms with E-state index in [1.54, 1.807) is 0 Å². The third-order valence-electron chi connectivity index (χ3n) is 6.48. The molecule has 0 saturated heterocycles. The van der Waals surface area contributed by atoms with Gasteiger partial charge in [-0.05, 0) is 107 Å². The number of fused-ring (bicyclic) bond motifs is 3. The second-order valence-corrected chi connectivity index (χ2v) is 8.10. The number of aromatic nitrogens is 1. The summed E-state index contributed by atoms with van der Waals surface area (Å²) in [5.41, 5.74) is 14.3. The Bertz CT molecular complexity index is 1020. The van der Waals surface area contributed by atoms with Crippen LogP contribution >= 0.6 is 0 Å². The van der Waals surface area contributed by atoms with Gasteiger partial charge in [0.05, 0.1) is 11.0 Å². The van der Waals surface area contributed by atoms with Crippen LogP contribution < -0.4 is 0 Å². The number of rotatable bonds is 2. The van der Waals surface area contributed by atoms with Gasteiger partial charge in [-0.15, -0.1) is 0 Å². The Hall–Kier alpha value is -1.80. The van der Waals surface area contributed by atoms with Gasteiger partial charge in [-0.3, -0.25) is 0 Å². The molecule has 0 radical (unpaired) electrons. The molecule has 0 saturated carbocycles. The van der Waals surface area contributed by atoms with Crippen LogP contribution in [0.15, 0.2) is 0 Å². The minimum absolute atomic E-state index is 0.994. The molecule has 134 valence electrons. The molecule has 0 aliphatic carbocycles. The summed E-state index contributed by atoms with van der Waals surface area (Å²) in [6, 6.07) is 0. The average molecular weight is 337 g/mol. The molecule has 25 heavy (non-hydrogen) atoms. The van der Waals surface area contributed by atoms with Crippen LogP contribution in [0.1, 0.15) is 44.5 Å². The summed E-state index contributed by atoms with van der Waals surface area (Å²) in [6.45, 7) is 17.0. The van der Waals surface area contributed by atoms with E-state index in [9.17, 15) is 0 Å². The van der Waals surface area contributed by atoms with Crippen molar-refractivity contribution in [1.82, 2.24) is 9.47 Å². The highest BCUT2D eigenvalue weighted by Crippen LogP contribution is 2.41. The first kappa shape index (κ1) is 18.0. The number of hydrogen-bond donors (Lipinski definition) is 0. The second-order valence-electron chi connectivity index (χ2n) is 8.10. The number of aryl methyl sites for hydroxylation is 5. The summed E-state index contributed by atoms with van der Waals surface area (Å²) >= 11 is 0. The van der Waals surface area contributed by atoms with Crippen LogP contribution in [-0.4, -0.2) is 23.6 Å². The van der Waals surface area contributed by atoms with E-state index in [-0.39, 0.29) is 0 Å². The van der Waals surface area contributed by atoms with Crippen molar-refractivity contribution >= 4 is 21.8 Å². The van der Waals surface area contributed by atoms with Crippen molar-refractivity contribution in [2.45, 2.75) is 55.0 Å². The molecule has 2 heteroatoms. The average Bonchev–Trinajstić information content (AvgIpc) is 2.86. The molecule has 0 bridgehead atoms. The SMILES string of the molecule is Cc1c(C)c(C)c2c(c1C)c1c(C)c(CN(C)C)c(C)c(C)c1n2C. The summed E-state index contributed by atoms with van der Waals surface area (Å²) in [6.07, 6.45) is 0. The maximum absolute atomic E-state index is 2.44. The molecule has 1 heterocycles. The molecule has 0 aliphatic heterocycles. The Labute approximate surface area is 152 Å². The highest BCUT2D eigenvalue weighted by molar-refractivity contribution is 6.14. The first-order valence-corrected chi connectivity index (χ1v) is 9.21. The van der Waals surface area contributed by atoms with Gasteiger partial charge in [-0.25, -0.2) is 0 Å². The lowest BCUT2D eigenvalue weighted by molar-refractivity contribution is 0.400. The zero-order valence-corrected chi connectivity index (χ0v) is 17.6. The molecule has 1 aromatic heterocycles. The molecule has 0 atom stereocenters. The molecule has 3 rings (SSSR count). The van der Waals surface area contributed by atoms with Gasteiger partial charge in [-0.1, -0.05) is 0 Å². The van der Waals surface area contributed by atoms with Crippen LogP contribution in [-0.2, 0) is 13.6 Å². The van der Waals surface area contributed by atoms with Crippen molar-refractivity contribution in [3.05, 3.63) is 44.5 Å². The van der Waals surface area contributed by atoms with Crippen LogP contribution in [0.5, 0.6) is 0 Å². The molecule has 2 nitrogen and oxygen atoms in total. The lowest BCUT2D eigenvalue weighted by Gasteiger charge is -2.19. The van der Waals surface area contributed by atoms with Gasteiger partial charge in [0.25, 0.3) is 0 Å². The maximum atomic E-state index is 2.44. The molecule has 0 fully saturated rings. The van der Waals surface area contributed by atoms with Crippen molar-refractivity contribution in [2.75, 3.05) is 14.1 Å². The fourth-order valence-corrected chi connectivity index (χ4v) is 4.61. The van der Waals surface area contributed by atoms with E-state index in [0.717, 1.165) is 6.54 Å². The summed E-state index contributed by atoms with van der Waals surface area (Å²) in [5.74, 6) is 0. The quantitative estimate of drug-likeness (QED) is 0.595. The molecule has 0 spiro atoms. The lowest BCUT2D eigenvalue weighted by Crippen LogP contribution is -2.14. The highest BCUT2D eigenvalue weighted by Gasteiger charge is 2.22. The fraction of sp³-hybridized carbons (Fsp3) is 0.478. The highest BCUT2D eigenvalue weighted by atomic mass is 15.0. The van der Waals surface area contributed by atoms with Crippen LogP contribution in [0.3, 0.4) is 0 Å². The Morgan fingerprint density at radius 3 is 1.56 bits per heavy atom. The van der Waals surface area contributed by atoms with Crippen molar-refractivity contribution in [3.8, 4) is 0 Å². The third-order valence-corrected chi connectivity index (χ3v) is 6.48. The van der Waals surface area contributed by atoms with E-state index in [1.807, 2.05) is 0 Å². The van der Waals surface area contributed by atoms with Crippen LogP contribution in [0.25, 0.3) is 21.8 Å². The van der Waals surface area contributed by atoms with Gasteiger partial charge < -0.3 is 9.47 Å². The van der Waals surface area contributed by atoms with E-state index in [4.69, 9.17) is 0 Å². The van der Waals surface area contributed by atoms with Crippen molar-refractivity contribution in [1.29, 1.82) is 0 Å². The van der Waals surface area contributed by atoms with E-state index >= 15 is 0 Å². The molecule has 3 aromatic rings. The maximum Gasteiger partial charge on any atom is 0.0524 e. The molecular weight excluding hydrogens is 304 g/mol. The molecule has 0 amide bonds. The topological polar surface area (TPSA) is 8.17 Å². The smallest absolute Gasteiger partial charge is 0.0524 e. The van der Waals surface area contributed by atoms with E-state index in [0.29, 0.717) is 0 Å².